The van der Waals surface area contributed by atoms with E-state index >= 15 is 0 Å². The van der Waals surface area contributed by atoms with Crippen molar-refractivity contribution in [2.75, 3.05) is 7.11 Å². The fourth-order valence-electron chi connectivity index (χ4n) is 7.86. The van der Waals surface area contributed by atoms with E-state index in [0.717, 1.165) is 29.9 Å². The van der Waals surface area contributed by atoms with Crippen molar-refractivity contribution in [1.82, 2.24) is 0 Å². The second kappa shape index (κ2) is 8.35. The van der Waals surface area contributed by atoms with Gasteiger partial charge in [-0.3, -0.25) is 0 Å². The summed E-state index contributed by atoms with van der Waals surface area (Å²) in [7, 11) is -1.64. The van der Waals surface area contributed by atoms with Crippen LogP contribution in [0.5, 0.6) is 0 Å². The monoisotopic (exact) mass is 477 g/mol. The first-order valence-corrected chi connectivity index (χ1v) is 19.8. The normalized spacial score (nSPS) is 43.3. The summed E-state index contributed by atoms with van der Waals surface area (Å²) in [6.07, 6.45) is 11.5. The van der Waals surface area contributed by atoms with Gasteiger partial charge in [0.2, 0.25) is 0 Å². The average molecular weight is 478 g/mol. The summed E-state index contributed by atoms with van der Waals surface area (Å²) < 4.78 is 13.8. The number of hydrogen-bond donors (Lipinski definition) is 0. The van der Waals surface area contributed by atoms with Gasteiger partial charge in [0.1, 0.15) is 7.11 Å². The van der Waals surface area contributed by atoms with Crippen molar-refractivity contribution in [1.29, 1.82) is 0 Å². The Morgan fingerprint density at radius 1 is 0.906 bits per heavy atom. The molecule has 4 rings (SSSR count). The first-order chi connectivity index (χ1) is 14.8. The third kappa shape index (κ3) is 4.46. The van der Waals surface area contributed by atoms with Crippen molar-refractivity contribution in [3.63, 3.8) is 0 Å². The van der Waals surface area contributed by atoms with Crippen LogP contribution >= 0.6 is 0 Å². The molecule has 4 aliphatic carbocycles. The van der Waals surface area contributed by atoms with E-state index in [9.17, 15) is 0 Å². The van der Waals surface area contributed by atoms with E-state index in [-0.39, 0.29) is 17.6 Å². The molecular weight excluding hydrogens is 430 g/mol. The molecule has 0 aromatic carbocycles. The maximum atomic E-state index is 6.98. The number of nitrogens with zero attached hydrogens (tertiary/aromatic N) is 1. The Bertz CT molecular complexity index is 783. The quantitative estimate of drug-likeness (QED) is 0.316. The smallest absolute Gasteiger partial charge is 0.184 e. The third-order valence-electron chi connectivity index (χ3n) is 9.08. The van der Waals surface area contributed by atoms with Crippen LogP contribution in [0.1, 0.15) is 58.8 Å². The van der Waals surface area contributed by atoms with Gasteiger partial charge >= 0.3 is 0 Å². The Balaban J connectivity index is 1.64. The predicted molar refractivity (Wildman–Crippen MR) is 138 cm³/mol. The number of hydrogen-bond acceptors (Lipinski definition) is 4. The molecule has 6 heteroatoms. The molecule has 0 radical (unpaired) electrons. The van der Waals surface area contributed by atoms with Gasteiger partial charge in [-0.2, -0.15) is 0 Å². The maximum Gasteiger partial charge on any atom is 0.184 e. The van der Waals surface area contributed by atoms with Crippen LogP contribution < -0.4 is 0 Å². The summed E-state index contributed by atoms with van der Waals surface area (Å²) in [6, 6.07) is 0. The second-order valence-corrected chi connectivity index (χ2v) is 22.4. The summed E-state index contributed by atoms with van der Waals surface area (Å²) in [5.74, 6) is 2.29. The van der Waals surface area contributed by atoms with Crippen molar-refractivity contribution < 1.29 is 13.7 Å². The molecule has 3 fully saturated rings. The van der Waals surface area contributed by atoms with E-state index in [0.29, 0.717) is 5.41 Å². The molecule has 0 spiro atoms. The van der Waals surface area contributed by atoms with Gasteiger partial charge in [0.25, 0.3) is 0 Å². The fourth-order valence-corrected chi connectivity index (χ4v) is 10.2. The molecule has 32 heavy (non-hydrogen) atoms. The lowest BCUT2D eigenvalue weighted by atomic mass is 9.47. The lowest BCUT2D eigenvalue weighted by molar-refractivity contribution is -0.0750. The van der Waals surface area contributed by atoms with Crippen LogP contribution in [-0.4, -0.2) is 41.7 Å². The van der Waals surface area contributed by atoms with Crippen molar-refractivity contribution in [3.8, 4) is 0 Å². The van der Waals surface area contributed by atoms with Gasteiger partial charge in [0.05, 0.1) is 17.9 Å². The van der Waals surface area contributed by atoms with E-state index in [1.54, 1.807) is 12.7 Å². The van der Waals surface area contributed by atoms with Gasteiger partial charge in [0.15, 0.2) is 16.6 Å². The molecule has 0 aromatic heterocycles. The molecule has 0 bridgehead atoms. The summed E-state index contributed by atoms with van der Waals surface area (Å²) in [4.78, 5) is 5.10. The third-order valence-corrected chi connectivity index (χ3v) is 11.1. The molecule has 0 aromatic rings. The van der Waals surface area contributed by atoms with Crippen molar-refractivity contribution in [3.05, 3.63) is 11.6 Å². The Morgan fingerprint density at radius 3 is 2.22 bits per heavy atom. The average Bonchev–Trinajstić information content (AvgIpc) is 2.91. The molecule has 0 heterocycles. The Labute approximate surface area is 198 Å². The fraction of sp³-hybridized carbons (Fsp3) is 0.885. The van der Waals surface area contributed by atoms with Gasteiger partial charge in [-0.25, -0.2) is 0 Å². The van der Waals surface area contributed by atoms with Crippen LogP contribution in [0.25, 0.3) is 0 Å². The van der Waals surface area contributed by atoms with Crippen LogP contribution in [0.2, 0.25) is 39.3 Å². The molecule has 182 valence electrons. The first-order valence-electron chi connectivity index (χ1n) is 12.9. The molecule has 3 saturated carbocycles. The number of rotatable bonds is 5. The lowest BCUT2D eigenvalue weighted by Crippen LogP contribution is -2.53. The van der Waals surface area contributed by atoms with Crippen molar-refractivity contribution in [2.45, 2.75) is 110 Å². The molecule has 0 amide bonds. The van der Waals surface area contributed by atoms with Crippen LogP contribution in [0.3, 0.4) is 0 Å². The Hall–Kier alpha value is -0.436. The highest BCUT2D eigenvalue weighted by Gasteiger charge is 2.62. The van der Waals surface area contributed by atoms with Gasteiger partial charge in [-0.1, -0.05) is 24.6 Å². The largest absolute Gasteiger partial charge is 0.412 e. The zero-order valence-corrected chi connectivity index (χ0v) is 24.1. The topological polar surface area (TPSA) is 40.0 Å². The SMILES string of the molecule is CO/N=C1/C=C2CC[C@H]3[C@@H]4C[C@@H](O[Si](C)(C)C)[C@H](O[Si](C)(C)C)[C@@]4(C)CC[C@@H]3[C@@]2(C)CC1. The highest BCUT2D eigenvalue weighted by atomic mass is 28.4. The van der Waals surface area contributed by atoms with Crippen LogP contribution in [0.15, 0.2) is 16.8 Å². The minimum Gasteiger partial charge on any atom is -0.412 e. The van der Waals surface area contributed by atoms with E-state index < -0.39 is 16.6 Å². The summed E-state index contributed by atoms with van der Waals surface area (Å²) in [6.45, 7) is 19.2. The summed E-state index contributed by atoms with van der Waals surface area (Å²) in [5.41, 5.74) is 3.34. The standard InChI is InChI=1S/C26H47NO3Si2/c1-25-14-12-19(27-28-3)16-18(25)10-11-20-21(25)13-15-26(2)22(20)17-23(29-31(4,5)6)24(26)30-32(7,8)9/h16,20-24H,10-15,17H2,1-9H3/b27-19+/t20-,21+,22+,23-,24+,25+,26+/m1/s1. The van der Waals surface area contributed by atoms with E-state index in [2.05, 4.69) is 64.4 Å². The minimum atomic E-state index is -1.66. The van der Waals surface area contributed by atoms with E-state index in [1.807, 2.05) is 0 Å². The number of allylic oxidation sites excluding steroid dienone is 2. The molecule has 7 atom stereocenters. The minimum absolute atomic E-state index is 0.251. The lowest BCUT2D eigenvalue weighted by Gasteiger charge is -2.58. The van der Waals surface area contributed by atoms with Gasteiger partial charge < -0.3 is 13.7 Å². The summed E-state index contributed by atoms with van der Waals surface area (Å²) >= 11 is 0. The van der Waals surface area contributed by atoms with E-state index in [4.69, 9.17) is 13.7 Å². The molecule has 0 aliphatic heterocycles. The first kappa shape index (κ1) is 24.7. The van der Waals surface area contributed by atoms with Crippen LogP contribution in [0.4, 0.5) is 0 Å². The molecular formula is C26H47NO3Si2. The Morgan fingerprint density at radius 2 is 1.59 bits per heavy atom. The number of fused-ring (bicyclic) bond motifs is 5. The molecule has 4 nitrogen and oxygen atoms in total. The highest BCUT2D eigenvalue weighted by Crippen LogP contribution is 2.66. The molecule has 4 aliphatic rings. The molecule has 0 N–H and O–H groups in total. The van der Waals surface area contributed by atoms with Gasteiger partial charge in [0, 0.05) is 0 Å². The summed E-state index contributed by atoms with van der Waals surface area (Å²) in [5, 5.41) is 4.28. The van der Waals surface area contributed by atoms with Gasteiger partial charge in [-0.05, 0) is 119 Å². The zero-order chi connectivity index (χ0) is 23.5. The van der Waals surface area contributed by atoms with E-state index in [1.165, 1.54) is 38.5 Å². The molecule has 0 saturated heterocycles. The number of oxime groups is 1. The Kier molecular flexibility index (Phi) is 6.44. The highest BCUT2D eigenvalue weighted by molar-refractivity contribution is 6.70. The second-order valence-electron chi connectivity index (χ2n) is 13.5. The molecule has 0 unspecified atom stereocenters. The van der Waals surface area contributed by atoms with Crippen molar-refractivity contribution in [2.24, 2.45) is 33.7 Å². The van der Waals surface area contributed by atoms with Crippen LogP contribution in [-0.2, 0) is 13.7 Å². The van der Waals surface area contributed by atoms with Gasteiger partial charge in [-0.15, -0.1) is 0 Å². The van der Waals surface area contributed by atoms with Crippen LogP contribution in [0, 0.1) is 28.6 Å². The van der Waals surface area contributed by atoms with Crippen molar-refractivity contribution >= 4 is 22.3 Å². The maximum absolute atomic E-state index is 6.98. The zero-order valence-electron chi connectivity index (χ0n) is 22.1. The predicted octanol–water partition coefficient (Wildman–Crippen LogP) is 7.00.